The van der Waals surface area contributed by atoms with Crippen molar-refractivity contribution in [2.24, 2.45) is 5.92 Å². The Bertz CT molecular complexity index is 501. The number of urea groups is 1. The number of halogens is 3. The van der Waals surface area contributed by atoms with Crippen LogP contribution < -0.4 is 15.4 Å². The second-order valence-electron chi connectivity index (χ2n) is 5.14. The number of hydrogen-bond donors (Lipinski definition) is 3. The molecule has 2 amide bonds. The van der Waals surface area contributed by atoms with Gasteiger partial charge >= 0.3 is 12.6 Å². The number of carbonyl (C=O) groups excluding carboxylic acids is 1. The van der Waals surface area contributed by atoms with Crippen molar-refractivity contribution >= 4 is 23.3 Å². The summed E-state index contributed by atoms with van der Waals surface area (Å²) in [6.07, 6.45) is -0.0534. The van der Waals surface area contributed by atoms with Gasteiger partial charge in [-0.15, -0.1) is 0 Å². The van der Waals surface area contributed by atoms with E-state index in [2.05, 4.69) is 15.4 Å². The molecule has 8 heteroatoms. The fraction of sp³-hybridized carbons (Fsp3) is 0.500. The van der Waals surface area contributed by atoms with Gasteiger partial charge in [-0.05, 0) is 30.5 Å². The lowest BCUT2D eigenvalue weighted by Crippen LogP contribution is -2.35. The third-order valence-corrected chi connectivity index (χ3v) is 2.94. The minimum Gasteiger partial charge on any atom is -0.433 e. The Labute approximate surface area is 132 Å². The Kier molecular flexibility index (Phi) is 7.34. The number of rotatable bonds is 7. The summed E-state index contributed by atoms with van der Waals surface area (Å²) in [5.41, 5.74) is 0.322. The van der Waals surface area contributed by atoms with Crippen molar-refractivity contribution in [2.45, 2.75) is 33.0 Å². The first-order valence-electron chi connectivity index (χ1n) is 6.75. The molecule has 0 bridgehead atoms. The van der Waals surface area contributed by atoms with Gasteiger partial charge in [0.1, 0.15) is 5.75 Å². The van der Waals surface area contributed by atoms with Gasteiger partial charge < -0.3 is 20.5 Å². The molecule has 0 aromatic heterocycles. The molecule has 22 heavy (non-hydrogen) atoms. The van der Waals surface area contributed by atoms with Gasteiger partial charge in [-0.1, -0.05) is 25.4 Å². The lowest BCUT2D eigenvalue weighted by molar-refractivity contribution is -0.0497. The van der Waals surface area contributed by atoms with E-state index in [1.807, 2.05) is 13.8 Å². The zero-order valence-corrected chi connectivity index (χ0v) is 13.0. The average molecular weight is 337 g/mol. The zero-order chi connectivity index (χ0) is 16.7. The summed E-state index contributed by atoms with van der Waals surface area (Å²) in [6.45, 7) is 1.08. The van der Waals surface area contributed by atoms with Crippen LogP contribution in [-0.2, 0) is 0 Å². The molecule has 0 radical (unpaired) electrons. The second kappa shape index (κ2) is 8.75. The quantitative estimate of drug-likeness (QED) is 0.714. The molecule has 1 unspecified atom stereocenters. The Balaban J connectivity index is 2.49. The number of aliphatic hydroxyl groups is 1. The molecule has 0 spiro atoms. The molecular formula is C14H19ClF2N2O3. The van der Waals surface area contributed by atoms with E-state index in [4.69, 9.17) is 11.6 Å². The van der Waals surface area contributed by atoms with Crippen LogP contribution in [0.15, 0.2) is 18.2 Å². The number of ether oxygens (including phenoxy) is 1. The molecule has 0 aliphatic heterocycles. The van der Waals surface area contributed by atoms with E-state index >= 15 is 0 Å². The van der Waals surface area contributed by atoms with Crippen molar-refractivity contribution in [1.29, 1.82) is 0 Å². The molecule has 3 N–H and O–H groups in total. The smallest absolute Gasteiger partial charge is 0.387 e. The number of aliphatic hydroxyl groups excluding tert-OH is 1. The maximum atomic E-state index is 12.1. The largest absolute Gasteiger partial charge is 0.433 e. The Morgan fingerprint density at radius 3 is 2.64 bits per heavy atom. The van der Waals surface area contributed by atoms with Crippen molar-refractivity contribution in [1.82, 2.24) is 5.32 Å². The van der Waals surface area contributed by atoms with Gasteiger partial charge in [0.05, 0.1) is 11.1 Å². The van der Waals surface area contributed by atoms with Crippen LogP contribution in [0.1, 0.15) is 20.3 Å². The minimum atomic E-state index is -2.97. The Hall–Kier alpha value is -1.60. The Morgan fingerprint density at radius 1 is 1.41 bits per heavy atom. The van der Waals surface area contributed by atoms with Crippen LogP contribution in [0.3, 0.4) is 0 Å². The van der Waals surface area contributed by atoms with E-state index in [0.717, 1.165) is 0 Å². The molecule has 0 saturated heterocycles. The third-order valence-electron chi connectivity index (χ3n) is 2.65. The summed E-state index contributed by atoms with van der Waals surface area (Å²) in [6, 6.07) is 3.39. The Morgan fingerprint density at radius 2 is 2.09 bits per heavy atom. The number of hydrogen-bond acceptors (Lipinski definition) is 3. The van der Waals surface area contributed by atoms with E-state index in [-0.39, 0.29) is 17.3 Å². The number of benzene rings is 1. The third kappa shape index (κ3) is 6.91. The normalized spacial score (nSPS) is 12.4. The minimum absolute atomic E-state index is 0.0436. The topological polar surface area (TPSA) is 70.6 Å². The molecule has 0 aliphatic carbocycles. The van der Waals surface area contributed by atoms with Crippen LogP contribution >= 0.6 is 11.6 Å². The average Bonchev–Trinajstić information content (AvgIpc) is 2.38. The van der Waals surface area contributed by atoms with Gasteiger partial charge in [-0.2, -0.15) is 8.78 Å². The molecule has 1 aromatic rings. The van der Waals surface area contributed by atoms with Crippen LogP contribution in [0.4, 0.5) is 19.3 Å². The number of amides is 2. The van der Waals surface area contributed by atoms with E-state index in [1.165, 1.54) is 18.2 Å². The van der Waals surface area contributed by atoms with Crippen LogP contribution in [-0.4, -0.2) is 30.4 Å². The van der Waals surface area contributed by atoms with Gasteiger partial charge in [0.15, 0.2) is 0 Å². The lowest BCUT2D eigenvalue weighted by Gasteiger charge is -2.14. The molecule has 0 saturated carbocycles. The zero-order valence-electron chi connectivity index (χ0n) is 12.3. The maximum absolute atomic E-state index is 12.1. The van der Waals surface area contributed by atoms with Gasteiger partial charge in [0, 0.05) is 12.2 Å². The molecular weight excluding hydrogens is 318 g/mol. The summed E-state index contributed by atoms with van der Waals surface area (Å²) in [5.74, 6) is 0.149. The molecule has 1 atom stereocenters. The summed E-state index contributed by atoms with van der Waals surface area (Å²) in [4.78, 5) is 11.6. The van der Waals surface area contributed by atoms with Crippen molar-refractivity contribution in [3.63, 3.8) is 0 Å². The summed E-state index contributed by atoms with van der Waals surface area (Å²) in [7, 11) is 0. The molecule has 5 nitrogen and oxygen atoms in total. The summed E-state index contributed by atoms with van der Waals surface area (Å²) >= 11 is 5.77. The predicted molar refractivity (Wildman–Crippen MR) is 80.6 cm³/mol. The number of anilines is 1. The molecule has 1 aromatic carbocycles. The number of nitrogens with one attached hydrogen (secondary N) is 2. The second-order valence-corrected chi connectivity index (χ2v) is 5.55. The van der Waals surface area contributed by atoms with E-state index < -0.39 is 18.7 Å². The molecule has 124 valence electrons. The van der Waals surface area contributed by atoms with Crippen molar-refractivity contribution in [3.05, 3.63) is 23.2 Å². The molecule has 0 heterocycles. The van der Waals surface area contributed by atoms with Gasteiger partial charge in [-0.3, -0.25) is 0 Å². The van der Waals surface area contributed by atoms with Crippen LogP contribution in [0.25, 0.3) is 0 Å². The van der Waals surface area contributed by atoms with Gasteiger partial charge in [0.2, 0.25) is 0 Å². The highest BCUT2D eigenvalue weighted by molar-refractivity contribution is 6.32. The van der Waals surface area contributed by atoms with Crippen molar-refractivity contribution in [2.75, 3.05) is 11.9 Å². The highest BCUT2D eigenvalue weighted by Gasteiger charge is 2.11. The molecule has 1 rings (SSSR count). The van der Waals surface area contributed by atoms with Crippen LogP contribution in [0.2, 0.25) is 5.02 Å². The van der Waals surface area contributed by atoms with E-state index in [1.54, 1.807) is 0 Å². The first kappa shape index (κ1) is 18.4. The molecule has 0 fully saturated rings. The van der Waals surface area contributed by atoms with Gasteiger partial charge in [-0.25, -0.2) is 4.79 Å². The standard InChI is InChI=1S/C14H19ClF2N2O3/c1-8(2)5-10(20)7-18-14(21)19-9-3-4-12(11(15)6-9)22-13(16)17/h3-4,6,8,10,13,20H,5,7H2,1-2H3,(H2,18,19,21). The monoisotopic (exact) mass is 336 g/mol. The fourth-order valence-corrected chi connectivity index (χ4v) is 2.01. The predicted octanol–water partition coefficient (Wildman–Crippen LogP) is 3.47. The van der Waals surface area contributed by atoms with Crippen LogP contribution in [0, 0.1) is 5.92 Å². The first-order chi connectivity index (χ1) is 10.3. The number of alkyl halides is 2. The summed E-state index contributed by atoms with van der Waals surface area (Å²) < 4.78 is 28.4. The number of carbonyl (C=O) groups is 1. The highest BCUT2D eigenvalue weighted by Crippen LogP contribution is 2.28. The van der Waals surface area contributed by atoms with Crippen molar-refractivity contribution < 1.29 is 23.4 Å². The fourth-order valence-electron chi connectivity index (χ4n) is 1.78. The summed E-state index contributed by atoms with van der Waals surface area (Å²) in [5, 5.41) is 14.6. The lowest BCUT2D eigenvalue weighted by atomic mass is 10.1. The van der Waals surface area contributed by atoms with Crippen molar-refractivity contribution in [3.8, 4) is 5.75 Å². The SMILES string of the molecule is CC(C)CC(O)CNC(=O)Nc1ccc(OC(F)F)c(Cl)c1. The van der Waals surface area contributed by atoms with E-state index in [9.17, 15) is 18.7 Å². The molecule has 0 aliphatic rings. The van der Waals surface area contributed by atoms with E-state index in [0.29, 0.717) is 18.0 Å². The highest BCUT2D eigenvalue weighted by atomic mass is 35.5. The maximum Gasteiger partial charge on any atom is 0.387 e. The van der Waals surface area contributed by atoms with Gasteiger partial charge in [0.25, 0.3) is 0 Å². The van der Waals surface area contributed by atoms with Crippen LogP contribution in [0.5, 0.6) is 5.75 Å². The first-order valence-corrected chi connectivity index (χ1v) is 7.13.